The number of nitrogens with one attached hydrogen (secondary N) is 1. The molecule has 146 valence electrons. The first-order valence-electron chi connectivity index (χ1n) is 10.5. The monoisotopic (exact) mass is 369 g/mol. The van der Waals surface area contributed by atoms with Crippen molar-refractivity contribution in [2.45, 2.75) is 57.4 Å². The Morgan fingerprint density at radius 1 is 1.07 bits per heavy atom. The standard InChI is InChI=1S/C22H31N3O2/c1-17-7-5-6-12-22(17)20(26)25(21(27)23-22)16-24-13-10-19(11-14-24)15-18-8-3-2-4-9-18/h2-4,8-9,17,19H,5-7,10-16H2,1H3,(H,23,27)/t17-,22+/m1/s1. The molecule has 2 aliphatic heterocycles. The molecule has 2 atom stereocenters. The van der Waals surface area contributed by atoms with Crippen molar-refractivity contribution in [3.05, 3.63) is 35.9 Å². The third-order valence-corrected chi connectivity index (χ3v) is 6.92. The van der Waals surface area contributed by atoms with Crippen LogP contribution in [0.2, 0.25) is 0 Å². The Kier molecular flexibility index (Phi) is 5.22. The van der Waals surface area contributed by atoms with E-state index in [1.807, 2.05) is 0 Å². The van der Waals surface area contributed by atoms with Crippen molar-refractivity contribution in [1.82, 2.24) is 15.1 Å². The molecule has 3 amide bonds. The molecule has 3 fully saturated rings. The Bertz CT molecular complexity index is 684. The first-order valence-corrected chi connectivity index (χ1v) is 10.5. The summed E-state index contributed by atoms with van der Waals surface area (Å²) in [6.07, 6.45) is 7.35. The third kappa shape index (κ3) is 3.62. The van der Waals surface area contributed by atoms with Gasteiger partial charge < -0.3 is 5.32 Å². The van der Waals surface area contributed by atoms with Crippen LogP contribution < -0.4 is 5.32 Å². The Balaban J connectivity index is 1.32. The van der Waals surface area contributed by atoms with E-state index in [4.69, 9.17) is 0 Å². The number of likely N-dealkylation sites (tertiary alicyclic amines) is 1. The molecule has 1 N–H and O–H groups in total. The van der Waals surface area contributed by atoms with Gasteiger partial charge in [0.1, 0.15) is 5.54 Å². The lowest BCUT2D eigenvalue weighted by Crippen LogP contribution is -2.54. The number of carbonyl (C=O) groups is 2. The molecule has 0 radical (unpaired) electrons. The second kappa shape index (κ2) is 7.63. The molecule has 1 saturated carbocycles. The fourth-order valence-electron chi connectivity index (χ4n) is 5.10. The summed E-state index contributed by atoms with van der Waals surface area (Å²) in [7, 11) is 0. The highest BCUT2D eigenvalue weighted by Crippen LogP contribution is 2.38. The fraction of sp³-hybridized carbons (Fsp3) is 0.636. The summed E-state index contributed by atoms with van der Waals surface area (Å²) in [6.45, 7) is 4.46. The number of imide groups is 1. The summed E-state index contributed by atoms with van der Waals surface area (Å²) in [6, 6.07) is 10.5. The van der Waals surface area contributed by atoms with E-state index >= 15 is 0 Å². The van der Waals surface area contributed by atoms with Crippen LogP contribution in [-0.4, -0.2) is 47.0 Å². The Labute approximate surface area is 162 Å². The zero-order valence-corrected chi connectivity index (χ0v) is 16.3. The molecule has 0 bridgehead atoms. The lowest BCUT2D eigenvalue weighted by atomic mass is 9.73. The molecular weight excluding hydrogens is 338 g/mol. The highest BCUT2D eigenvalue weighted by molar-refractivity contribution is 6.07. The van der Waals surface area contributed by atoms with Crippen molar-refractivity contribution in [2.75, 3.05) is 19.8 Å². The van der Waals surface area contributed by atoms with Gasteiger partial charge in [0.25, 0.3) is 5.91 Å². The van der Waals surface area contributed by atoms with Crippen LogP contribution in [0.4, 0.5) is 4.79 Å². The molecule has 2 heterocycles. The lowest BCUT2D eigenvalue weighted by Gasteiger charge is -2.37. The summed E-state index contributed by atoms with van der Waals surface area (Å²) in [5.41, 5.74) is 0.763. The molecule has 1 aliphatic carbocycles. The number of urea groups is 1. The quantitative estimate of drug-likeness (QED) is 0.828. The number of hydrogen-bond acceptors (Lipinski definition) is 3. The molecule has 0 aromatic heterocycles. The molecule has 27 heavy (non-hydrogen) atoms. The maximum absolute atomic E-state index is 13.1. The molecule has 3 aliphatic rings. The van der Waals surface area contributed by atoms with E-state index < -0.39 is 5.54 Å². The maximum Gasteiger partial charge on any atom is 0.326 e. The zero-order chi connectivity index (χ0) is 18.9. The van der Waals surface area contributed by atoms with Crippen molar-refractivity contribution in [3.63, 3.8) is 0 Å². The number of carbonyl (C=O) groups excluding carboxylic acids is 2. The van der Waals surface area contributed by atoms with Crippen LogP contribution >= 0.6 is 0 Å². The van der Waals surface area contributed by atoms with Crippen molar-refractivity contribution in [1.29, 1.82) is 0 Å². The van der Waals surface area contributed by atoms with Crippen molar-refractivity contribution in [2.24, 2.45) is 11.8 Å². The minimum absolute atomic E-state index is 0.00566. The van der Waals surface area contributed by atoms with Crippen molar-refractivity contribution in [3.8, 4) is 0 Å². The van der Waals surface area contributed by atoms with Gasteiger partial charge in [-0.1, -0.05) is 50.1 Å². The van der Waals surface area contributed by atoms with E-state index in [1.54, 1.807) is 0 Å². The summed E-state index contributed by atoms with van der Waals surface area (Å²) in [4.78, 5) is 29.4. The largest absolute Gasteiger partial charge is 0.326 e. The number of rotatable bonds is 4. The summed E-state index contributed by atoms with van der Waals surface area (Å²) < 4.78 is 0. The van der Waals surface area contributed by atoms with Crippen LogP contribution in [0.5, 0.6) is 0 Å². The minimum Gasteiger partial charge on any atom is -0.323 e. The zero-order valence-electron chi connectivity index (χ0n) is 16.3. The number of nitrogens with zero attached hydrogens (tertiary/aromatic N) is 2. The second-order valence-electron chi connectivity index (χ2n) is 8.67. The molecule has 1 aromatic rings. The van der Waals surface area contributed by atoms with Crippen LogP contribution in [-0.2, 0) is 11.2 Å². The predicted molar refractivity (Wildman–Crippen MR) is 105 cm³/mol. The Morgan fingerprint density at radius 3 is 2.52 bits per heavy atom. The first kappa shape index (κ1) is 18.5. The molecule has 0 unspecified atom stereocenters. The van der Waals surface area contributed by atoms with Gasteiger partial charge in [0, 0.05) is 13.1 Å². The molecule has 5 nitrogen and oxygen atoms in total. The number of piperidine rings is 1. The fourth-order valence-corrected chi connectivity index (χ4v) is 5.10. The van der Waals surface area contributed by atoms with E-state index in [0.29, 0.717) is 12.6 Å². The number of amides is 3. The second-order valence-corrected chi connectivity index (χ2v) is 8.67. The topological polar surface area (TPSA) is 52.7 Å². The molecular formula is C22H31N3O2. The van der Waals surface area contributed by atoms with Gasteiger partial charge in [-0.25, -0.2) is 9.69 Å². The summed E-state index contributed by atoms with van der Waals surface area (Å²) in [5.74, 6) is 0.923. The maximum atomic E-state index is 13.1. The van der Waals surface area contributed by atoms with Gasteiger partial charge >= 0.3 is 6.03 Å². The lowest BCUT2D eigenvalue weighted by molar-refractivity contribution is -0.135. The summed E-state index contributed by atoms with van der Waals surface area (Å²) in [5, 5.41) is 3.06. The Hall–Kier alpha value is -1.88. The van der Waals surface area contributed by atoms with Crippen LogP contribution in [0.25, 0.3) is 0 Å². The smallest absolute Gasteiger partial charge is 0.323 e. The number of hydrogen-bond donors (Lipinski definition) is 1. The first-order chi connectivity index (χ1) is 13.1. The molecule has 1 aromatic carbocycles. The normalized spacial score (nSPS) is 30.1. The summed E-state index contributed by atoms with van der Waals surface area (Å²) >= 11 is 0. The van der Waals surface area contributed by atoms with Gasteiger partial charge in [0.2, 0.25) is 0 Å². The highest BCUT2D eigenvalue weighted by atomic mass is 16.2. The van der Waals surface area contributed by atoms with Crippen LogP contribution in [0.3, 0.4) is 0 Å². The van der Waals surface area contributed by atoms with E-state index in [2.05, 4.69) is 47.5 Å². The van der Waals surface area contributed by atoms with E-state index in [0.717, 1.165) is 58.0 Å². The van der Waals surface area contributed by atoms with Gasteiger partial charge in [-0.3, -0.25) is 9.69 Å². The SMILES string of the molecule is C[C@@H]1CCCC[C@]12NC(=O)N(CN1CCC(Cc3ccccc3)CC1)C2=O. The third-order valence-electron chi connectivity index (χ3n) is 6.92. The van der Waals surface area contributed by atoms with Crippen LogP contribution in [0.15, 0.2) is 30.3 Å². The van der Waals surface area contributed by atoms with Gasteiger partial charge in [-0.2, -0.15) is 0 Å². The van der Waals surface area contributed by atoms with Gasteiger partial charge in [0.15, 0.2) is 0 Å². The average Bonchev–Trinajstić information content (AvgIpc) is 2.91. The molecule has 1 spiro atoms. The predicted octanol–water partition coefficient (Wildman–Crippen LogP) is 3.40. The van der Waals surface area contributed by atoms with Gasteiger partial charge in [-0.15, -0.1) is 0 Å². The van der Waals surface area contributed by atoms with E-state index in [-0.39, 0.29) is 17.9 Å². The minimum atomic E-state index is -0.638. The molecule has 5 heteroatoms. The van der Waals surface area contributed by atoms with Crippen LogP contribution in [0.1, 0.15) is 51.0 Å². The van der Waals surface area contributed by atoms with Crippen molar-refractivity contribution >= 4 is 11.9 Å². The molecule has 2 saturated heterocycles. The van der Waals surface area contributed by atoms with Crippen molar-refractivity contribution < 1.29 is 9.59 Å². The van der Waals surface area contributed by atoms with Gasteiger partial charge in [-0.05, 0) is 49.5 Å². The Morgan fingerprint density at radius 2 is 1.81 bits per heavy atom. The van der Waals surface area contributed by atoms with Crippen LogP contribution in [0, 0.1) is 11.8 Å². The van der Waals surface area contributed by atoms with E-state index in [1.165, 1.54) is 10.5 Å². The van der Waals surface area contributed by atoms with E-state index in [9.17, 15) is 9.59 Å². The number of benzene rings is 1. The van der Waals surface area contributed by atoms with Gasteiger partial charge in [0.05, 0.1) is 6.67 Å². The molecule has 4 rings (SSSR count). The average molecular weight is 370 g/mol. The highest BCUT2D eigenvalue weighted by Gasteiger charge is 2.55.